The van der Waals surface area contributed by atoms with Crippen LogP contribution in [0, 0.1) is 0 Å². The molecular formula is C33H32N8O6. The van der Waals surface area contributed by atoms with Crippen LogP contribution in [0.25, 0.3) is 11.0 Å². The van der Waals surface area contributed by atoms with Crippen molar-refractivity contribution in [1.29, 1.82) is 0 Å². The van der Waals surface area contributed by atoms with Gasteiger partial charge >= 0.3 is 0 Å². The van der Waals surface area contributed by atoms with Crippen LogP contribution in [-0.2, 0) is 24.3 Å². The summed E-state index contributed by atoms with van der Waals surface area (Å²) in [6, 6.07) is 12.7. The maximum absolute atomic E-state index is 13.3. The number of likely N-dealkylation sites (N-methyl/N-ethyl adjacent to an activating group) is 1. The van der Waals surface area contributed by atoms with E-state index in [1.54, 1.807) is 24.3 Å². The third kappa shape index (κ3) is 6.25. The standard InChI is InChI=1S/C33H32N8O6/c1-35-24(42)16-47-21-9-6-18(7-10-21)13-38-33(46)28-27-26(39-17-40-28)22(15-36-27)32(45)37-14-19-5-8-20-4-2-3-11-41(23(20)12-19)29-25(34)30(43)31(29)44/h5-10,12,15,17,36H,2-4,11,13-14,16,34H2,1H3,(H,35,42)(H,37,45)(H,38,46). The molecule has 0 saturated carbocycles. The van der Waals surface area contributed by atoms with E-state index in [0.717, 1.165) is 41.6 Å². The summed E-state index contributed by atoms with van der Waals surface area (Å²) in [6.07, 6.45) is 5.30. The number of aryl methyl sites for hydroxylation is 1. The van der Waals surface area contributed by atoms with Crippen LogP contribution in [0.3, 0.4) is 0 Å². The molecule has 1 aliphatic heterocycles. The minimum atomic E-state index is -0.658. The van der Waals surface area contributed by atoms with Gasteiger partial charge in [0.25, 0.3) is 28.6 Å². The van der Waals surface area contributed by atoms with Crippen LogP contribution in [0.1, 0.15) is 50.4 Å². The molecule has 0 unspecified atom stereocenters. The van der Waals surface area contributed by atoms with Gasteiger partial charge in [-0.3, -0.25) is 24.0 Å². The summed E-state index contributed by atoms with van der Waals surface area (Å²) in [5, 5.41) is 8.20. The SMILES string of the molecule is CNC(=O)COc1ccc(CNC(=O)c2ncnc3c(C(=O)NCc4ccc5c(c4)N(c4c(N)c(=O)c4=O)CCCC5)c[nH]c23)cc1. The highest BCUT2D eigenvalue weighted by atomic mass is 16.5. The fraction of sp³-hybridized carbons (Fsp3) is 0.242. The van der Waals surface area contributed by atoms with E-state index in [-0.39, 0.29) is 48.2 Å². The normalized spacial score (nSPS) is 12.7. The number of amides is 3. The van der Waals surface area contributed by atoms with E-state index < -0.39 is 22.7 Å². The van der Waals surface area contributed by atoms with Crippen molar-refractivity contribution in [3.63, 3.8) is 0 Å². The number of H-pyrrole nitrogens is 1. The summed E-state index contributed by atoms with van der Waals surface area (Å²) < 4.78 is 5.39. The molecule has 0 saturated heterocycles. The van der Waals surface area contributed by atoms with Crippen LogP contribution in [-0.4, -0.2) is 52.9 Å². The number of carbonyl (C=O) groups excluding carboxylic acids is 3. The second-order valence-electron chi connectivity index (χ2n) is 11.1. The van der Waals surface area contributed by atoms with Crippen LogP contribution >= 0.6 is 0 Å². The third-order valence-corrected chi connectivity index (χ3v) is 8.11. The number of rotatable bonds is 10. The number of benzene rings is 2. The summed E-state index contributed by atoms with van der Waals surface area (Å²) in [5.41, 5.74) is 9.25. The van der Waals surface area contributed by atoms with Gasteiger partial charge in [-0.05, 0) is 54.2 Å². The van der Waals surface area contributed by atoms with Crippen LogP contribution in [0.5, 0.6) is 5.75 Å². The van der Waals surface area contributed by atoms with E-state index in [9.17, 15) is 24.0 Å². The molecule has 47 heavy (non-hydrogen) atoms. The molecule has 240 valence electrons. The first-order valence-electron chi connectivity index (χ1n) is 15.0. The number of ether oxygens (including phenoxy) is 1. The summed E-state index contributed by atoms with van der Waals surface area (Å²) in [6.45, 7) is 0.855. The highest BCUT2D eigenvalue weighted by molar-refractivity contribution is 6.10. The van der Waals surface area contributed by atoms with Gasteiger partial charge < -0.3 is 36.3 Å². The number of aromatic nitrogens is 3. The Morgan fingerprint density at radius 1 is 0.957 bits per heavy atom. The molecule has 2 aromatic heterocycles. The topological polar surface area (TPSA) is 201 Å². The van der Waals surface area contributed by atoms with E-state index in [2.05, 4.69) is 30.9 Å². The Bertz CT molecular complexity index is 2060. The second kappa shape index (κ2) is 13.1. The van der Waals surface area contributed by atoms with Crippen LogP contribution in [0.4, 0.5) is 17.1 Å². The predicted octanol–water partition coefficient (Wildman–Crippen LogP) is 1.60. The van der Waals surface area contributed by atoms with E-state index in [1.807, 2.05) is 23.1 Å². The van der Waals surface area contributed by atoms with Crippen molar-refractivity contribution in [2.24, 2.45) is 0 Å². The number of aromatic amines is 1. The molecule has 0 bridgehead atoms. The number of nitrogens with zero attached hydrogens (tertiary/aromatic N) is 3. The van der Waals surface area contributed by atoms with Gasteiger partial charge in [-0.1, -0.05) is 24.3 Å². The van der Waals surface area contributed by atoms with Gasteiger partial charge in [0, 0.05) is 38.6 Å². The lowest BCUT2D eigenvalue weighted by Crippen LogP contribution is -2.41. The fourth-order valence-electron chi connectivity index (χ4n) is 5.54. The molecule has 1 aliphatic rings. The lowest BCUT2D eigenvalue weighted by Gasteiger charge is -2.27. The minimum absolute atomic E-state index is 0.0179. The van der Waals surface area contributed by atoms with Gasteiger partial charge in [-0.15, -0.1) is 0 Å². The van der Waals surface area contributed by atoms with E-state index >= 15 is 0 Å². The van der Waals surface area contributed by atoms with Crippen LogP contribution in [0.2, 0.25) is 0 Å². The zero-order valence-corrected chi connectivity index (χ0v) is 25.5. The Morgan fingerprint density at radius 2 is 1.70 bits per heavy atom. The maximum Gasteiger partial charge on any atom is 0.272 e. The highest BCUT2D eigenvalue weighted by Crippen LogP contribution is 2.34. The van der Waals surface area contributed by atoms with Crippen molar-refractivity contribution in [2.75, 3.05) is 30.8 Å². The van der Waals surface area contributed by atoms with Crippen molar-refractivity contribution in [2.45, 2.75) is 32.4 Å². The van der Waals surface area contributed by atoms with Crippen LogP contribution in [0.15, 0.2) is 64.6 Å². The average molecular weight is 637 g/mol. The number of hydrogen-bond acceptors (Lipinski definition) is 10. The van der Waals surface area contributed by atoms with Gasteiger partial charge in [0.15, 0.2) is 12.3 Å². The smallest absolute Gasteiger partial charge is 0.272 e. The molecule has 3 aromatic carbocycles. The largest absolute Gasteiger partial charge is 0.484 e. The molecule has 3 heterocycles. The average Bonchev–Trinajstić information content (AvgIpc) is 3.44. The summed E-state index contributed by atoms with van der Waals surface area (Å²) in [4.78, 5) is 75.0. The summed E-state index contributed by atoms with van der Waals surface area (Å²) in [5.74, 6) is -0.581. The molecule has 0 fully saturated rings. The minimum Gasteiger partial charge on any atom is -0.484 e. The quantitative estimate of drug-likeness (QED) is 0.140. The number of nitrogens with one attached hydrogen (secondary N) is 4. The lowest BCUT2D eigenvalue weighted by molar-refractivity contribution is -0.122. The van der Waals surface area contributed by atoms with E-state index in [4.69, 9.17) is 10.5 Å². The van der Waals surface area contributed by atoms with E-state index in [1.165, 1.54) is 19.6 Å². The van der Waals surface area contributed by atoms with Crippen molar-refractivity contribution < 1.29 is 19.1 Å². The molecule has 0 spiro atoms. The van der Waals surface area contributed by atoms with Crippen molar-refractivity contribution in [3.05, 3.63) is 103 Å². The summed E-state index contributed by atoms with van der Waals surface area (Å²) in [7, 11) is 1.53. The zero-order chi connectivity index (χ0) is 33.1. The second-order valence-corrected chi connectivity index (χ2v) is 11.1. The molecule has 14 nitrogen and oxygen atoms in total. The predicted molar refractivity (Wildman–Crippen MR) is 174 cm³/mol. The Balaban J connectivity index is 1.12. The van der Waals surface area contributed by atoms with Crippen molar-refractivity contribution >= 4 is 45.8 Å². The fourth-order valence-corrected chi connectivity index (χ4v) is 5.54. The number of nitrogens with two attached hydrogens (primary N) is 1. The van der Waals surface area contributed by atoms with Gasteiger partial charge in [0.2, 0.25) is 0 Å². The first-order valence-corrected chi connectivity index (χ1v) is 15.0. The number of nitrogen functional groups attached to an aromatic ring is 1. The molecule has 6 rings (SSSR count). The summed E-state index contributed by atoms with van der Waals surface area (Å²) >= 11 is 0. The van der Waals surface area contributed by atoms with Gasteiger partial charge in [-0.2, -0.15) is 0 Å². The molecule has 3 amide bonds. The number of hydrogen-bond donors (Lipinski definition) is 5. The molecular weight excluding hydrogens is 604 g/mol. The molecule has 0 aliphatic carbocycles. The lowest BCUT2D eigenvalue weighted by atomic mass is 10.0. The van der Waals surface area contributed by atoms with Crippen LogP contribution < -0.4 is 42.2 Å². The maximum atomic E-state index is 13.3. The van der Waals surface area contributed by atoms with Gasteiger partial charge in [0.1, 0.15) is 29.0 Å². The Labute approximate surface area is 268 Å². The molecule has 14 heteroatoms. The molecule has 0 atom stereocenters. The molecule has 0 radical (unpaired) electrons. The van der Waals surface area contributed by atoms with Crippen molar-refractivity contribution in [1.82, 2.24) is 30.9 Å². The third-order valence-electron chi connectivity index (χ3n) is 8.11. The highest BCUT2D eigenvalue weighted by Gasteiger charge is 2.28. The van der Waals surface area contributed by atoms with E-state index in [0.29, 0.717) is 23.3 Å². The van der Waals surface area contributed by atoms with Gasteiger partial charge in [-0.25, -0.2) is 9.97 Å². The zero-order valence-electron chi connectivity index (χ0n) is 25.5. The molecule has 6 N–H and O–H groups in total. The number of fused-ring (bicyclic) bond motifs is 2. The first kappa shape index (κ1) is 31.0. The Kier molecular flexibility index (Phi) is 8.65. The number of anilines is 3. The van der Waals surface area contributed by atoms with Gasteiger partial charge in [0.05, 0.1) is 11.1 Å². The Hall–Kier alpha value is -6.05. The van der Waals surface area contributed by atoms with Crippen molar-refractivity contribution in [3.8, 4) is 5.75 Å². The Morgan fingerprint density at radius 3 is 2.47 bits per heavy atom. The number of carbonyl (C=O) groups is 3. The first-order chi connectivity index (χ1) is 22.7. The molecule has 5 aromatic rings. The monoisotopic (exact) mass is 636 g/mol.